The first-order valence-corrected chi connectivity index (χ1v) is 5.69. The van der Waals surface area contributed by atoms with E-state index in [9.17, 15) is 4.79 Å². The molecule has 1 amide bonds. The van der Waals surface area contributed by atoms with Crippen molar-refractivity contribution < 1.29 is 4.79 Å². The number of hydrazine groups is 1. The highest BCUT2D eigenvalue weighted by Gasteiger charge is 2.12. The van der Waals surface area contributed by atoms with E-state index in [1.54, 1.807) is 0 Å². The number of nitrogens with one attached hydrogen (secondary N) is 1. The molecule has 3 N–H and O–H groups in total. The Morgan fingerprint density at radius 1 is 1.44 bits per heavy atom. The van der Waals surface area contributed by atoms with Crippen molar-refractivity contribution in [3.05, 3.63) is 36.0 Å². The van der Waals surface area contributed by atoms with Crippen molar-refractivity contribution >= 4 is 16.8 Å². The second-order valence-corrected chi connectivity index (χ2v) is 4.03. The predicted molar refractivity (Wildman–Crippen MR) is 68.1 cm³/mol. The maximum absolute atomic E-state index is 11.8. The lowest BCUT2D eigenvalue weighted by molar-refractivity contribution is -0.130. The molecule has 0 aliphatic carbocycles. The highest BCUT2D eigenvalue weighted by Crippen LogP contribution is 2.18. The first kappa shape index (κ1) is 12.1. The smallest absolute Gasteiger partial charge is 0.240 e. The Bertz CT molecular complexity index is 596. The standard InChI is InChI=1S/C13H14N4O/c14-6-3-7-17(15)13(18)8-10-9-16-12-5-2-1-4-11(10)12/h1-2,4-5,9,16H,3,7-8,15H2. The van der Waals surface area contributed by atoms with E-state index < -0.39 is 0 Å². The summed E-state index contributed by atoms with van der Waals surface area (Å²) in [5.74, 6) is 5.40. The van der Waals surface area contributed by atoms with Gasteiger partial charge in [-0.2, -0.15) is 5.26 Å². The number of carbonyl (C=O) groups is 1. The van der Waals surface area contributed by atoms with Crippen LogP contribution in [0.1, 0.15) is 12.0 Å². The zero-order valence-corrected chi connectivity index (χ0v) is 9.89. The Kier molecular flexibility index (Phi) is 3.60. The molecule has 1 aromatic heterocycles. The molecule has 0 radical (unpaired) electrons. The van der Waals surface area contributed by atoms with Crippen molar-refractivity contribution in [3.8, 4) is 6.07 Å². The molecule has 0 saturated carbocycles. The summed E-state index contributed by atoms with van der Waals surface area (Å²) in [4.78, 5) is 14.9. The van der Waals surface area contributed by atoms with Gasteiger partial charge in [-0.05, 0) is 11.6 Å². The Morgan fingerprint density at radius 3 is 3.00 bits per heavy atom. The van der Waals surface area contributed by atoms with Gasteiger partial charge in [-0.15, -0.1) is 0 Å². The van der Waals surface area contributed by atoms with Crippen LogP contribution in [0.5, 0.6) is 0 Å². The highest BCUT2D eigenvalue weighted by molar-refractivity contribution is 5.88. The normalized spacial score (nSPS) is 10.2. The third-order valence-electron chi connectivity index (χ3n) is 2.80. The van der Waals surface area contributed by atoms with Gasteiger partial charge < -0.3 is 4.98 Å². The van der Waals surface area contributed by atoms with Gasteiger partial charge in [0.15, 0.2) is 0 Å². The Hall–Kier alpha value is -2.32. The van der Waals surface area contributed by atoms with Gasteiger partial charge in [0.2, 0.25) is 5.91 Å². The number of amides is 1. The summed E-state index contributed by atoms with van der Waals surface area (Å²) < 4.78 is 0. The van der Waals surface area contributed by atoms with Gasteiger partial charge in [0.1, 0.15) is 0 Å². The van der Waals surface area contributed by atoms with E-state index in [1.165, 1.54) is 0 Å². The number of hydrogen-bond acceptors (Lipinski definition) is 3. The van der Waals surface area contributed by atoms with Crippen LogP contribution in [0.4, 0.5) is 0 Å². The van der Waals surface area contributed by atoms with Gasteiger partial charge >= 0.3 is 0 Å². The van der Waals surface area contributed by atoms with Gasteiger partial charge in [0.25, 0.3) is 0 Å². The van der Waals surface area contributed by atoms with Crippen LogP contribution < -0.4 is 5.84 Å². The molecule has 2 rings (SSSR count). The van der Waals surface area contributed by atoms with E-state index >= 15 is 0 Å². The van der Waals surface area contributed by atoms with Crippen LogP contribution in [-0.4, -0.2) is 22.4 Å². The molecule has 0 spiro atoms. The summed E-state index contributed by atoms with van der Waals surface area (Å²) in [7, 11) is 0. The van der Waals surface area contributed by atoms with Crippen LogP contribution in [0.15, 0.2) is 30.5 Å². The maximum atomic E-state index is 11.8. The number of nitrogens with zero attached hydrogens (tertiary/aromatic N) is 2. The number of para-hydroxylation sites is 1. The minimum atomic E-state index is -0.185. The summed E-state index contributed by atoms with van der Waals surface area (Å²) in [5.41, 5.74) is 1.92. The summed E-state index contributed by atoms with van der Waals surface area (Å²) in [6, 6.07) is 9.75. The number of nitrogens with two attached hydrogens (primary N) is 1. The van der Waals surface area contributed by atoms with E-state index in [1.807, 2.05) is 36.5 Å². The monoisotopic (exact) mass is 242 g/mol. The second kappa shape index (κ2) is 5.34. The number of aromatic amines is 1. The van der Waals surface area contributed by atoms with E-state index in [0.717, 1.165) is 21.5 Å². The SMILES string of the molecule is N#CCCN(N)C(=O)Cc1c[nH]c2ccccc12. The lowest BCUT2D eigenvalue weighted by atomic mass is 10.1. The molecule has 0 unspecified atom stereocenters. The lowest BCUT2D eigenvalue weighted by Gasteiger charge is -2.14. The fraction of sp³-hybridized carbons (Fsp3) is 0.231. The lowest BCUT2D eigenvalue weighted by Crippen LogP contribution is -2.39. The van der Waals surface area contributed by atoms with Crippen molar-refractivity contribution in [1.82, 2.24) is 9.99 Å². The number of carbonyl (C=O) groups excluding carboxylic acids is 1. The maximum Gasteiger partial charge on any atom is 0.240 e. The molecule has 0 aliphatic rings. The fourth-order valence-electron chi connectivity index (χ4n) is 1.84. The molecule has 0 atom stereocenters. The number of fused-ring (bicyclic) bond motifs is 1. The molecule has 1 heterocycles. The van der Waals surface area contributed by atoms with E-state index in [4.69, 9.17) is 11.1 Å². The minimum Gasteiger partial charge on any atom is -0.361 e. The number of benzene rings is 1. The number of aromatic nitrogens is 1. The molecule has 92 valence electrons. The molecule has 1 aromatic carbocycles. The van der Waals surface area contributed by atoms with Crippen LogP contribution >= 0.6 is 0 Å². The number of rotatable bonds is 4. The Morgan fingerprint density at radius 2 is 2.22 bits per heavy atom. The summed E-state index contributed by atoms with van der Waals surface area (Å²) >= 11 is 0. The molecule has 0 bridgehead atoms. The van der Waals surface area contributed by atoms with E-state index in [0.29, 0.717) is 0 Å². The van der Waals surface area contributed by atoms with Gasteiger partial charge in [-0.1, -0.05) is 18.2 Å². The van der Waals surface area contributed by atoms with Crippen molar-refractivity contribution in [1.29, 1.82) is 5.26 Å². The molecule has 0 saturated heterocycles. The summed E-state index contributed by atoms with van der Waals surface area (Å²) in [6.07, 6.45) is 2.31. The molecule has 2 aromatic rings. The summed E-state index contributed by atoms with van der Waals surface area (Å²) in [5, 5.41) is 10.6. The molecule has 0 aliphatic heterocycles. The molecule has 0 fully saturated rings. The highest BCUT2D eigenvalue weighted by atomic mass is 16.2. The first-order chi connectivity index (χ1) is 8.72. The quantitative estimate of drug-likeness (QED) is 0.481. The zero-order valence-electron chi connectivity index (χ0n) is 9.89. The Labute approximate surface area is 105 Å². The predicted octanol–water partition coefficient (Wildman–Crippen LogP) is 1.33. The van der Waals surface area contributed by atoms with Gasteiger partial charge in [-0.3, -0.25) is 9.80 Å². The van der Waals surface area contributed by atoms with Crippen LogP contribution in [0, 0.1) is 11.3 Å². The number of H-pyrrole nitrogens is 1. The minimum absolute atomic E-state index is 0.185. The van der Waals surface area contributed by atoms with E-state index in [2.05, 4.69) is 4.98 Å². The summed E-state index contributed by atoms with van der Waals surface area (Å²) in [6.45, 7) is 0.262. The van der Waals surface area contributed by atoms with Gasteiger partial charge in [0.05, 0.1) is 25.5 Å². The van der Waals surface area contributed by atoms with Crippen LogP contribution in [0.3, 0.4) is 0 Å². The van der Waals surface area contributed by atoms with Crippen molar-refractivity contribution in [2.24, 2.45) is 5.84 Å². The number of hydrogen-bond donors (Lipinski definition) is 2. The third-order valence-corrected chi connectivity index (χ3v) is 2.80. The fourth-order valence-corrected chi connectivity index (χ4v) is 1.84. The largest absolute Gasteiger partial charge is 0.361 e. The van der Waals surface area contributed by atoms with Crippen molar-refractivity contribution in [2.75, 3.05) is 6.54 Å². The Balaban J connectivity index is 2.10. The average molecular weight is 242 g/mol. The van der Waals surface area contributed by atoms with Crippen molar-refractivity contribution in [3.63, 3.8) is 0 Å². The topological polar surface area (TPSA) is 85.9 Å². The second-order valence-electron chi connectivity index (χ2n) is 4.03. The van der Waals surface area contributed by atoms with Gasteiger partial charge in [0, 0.05) is 17.1 Å². The molecular formula is C13H14N4O. The van der Waals surface area contributed by atoms with Crippen LogP contribution in [-0.2, 0) is 11.2 Å². The zero-order chi connectivity index (χ0) is 13.0. The van der Waals surface area contributed by atoms with Crippen LogP contribution in [0.25, 0.3) is 10.9 Å². The number of nitriles is 1. The average Bonchev–Trinajstić information content (AvgIpc) is 2.79. The molecule has 18 heavy (non-hydrogen) atoms. The molecule has 5 nitrogen and oxygen atoms in total. The molecular weight excluding hydrogens is 228 g/mol. The van der Waals surface area contributed by atoms with Gasteiger partial charge in [-0.25, -0.2) is 5.84 Å². The first-order valence-electron chi connectivity index (χ1n) is 5.69. The third kappa shape index (κ3) is 2.50. The van der Waals surface area contributed by atoms with E-state index in [-0.39, 0.29) is 25.3 Å². The van der Waals surface area contributed by atoms with Crippen LogP contribution in [0.2, 0.25) is 0 Å². The van der Waals surface area contributed by atoms with Crippen molar-refractivity contribution in [2.45, 2.75) is 12.8 Å². The molecule has 5 heteroatoms.